The Morgan fingerprint density at radius 1 is 1.03 bits per heavy atom. The molecule has 0 spiro atoms. The van der Waals surface area contributed by atoms with Crippen LogP contribution >= 0.6 is 0 Å². The van der Waals surface area contributed by atoms with Gasteiger partial charge in [-0.3, -0.25) is 9.78 Å². The normalized spacial score (nSPS) is 11.4. The van der Waals surface area contributed by atoms with E-state index in [0.717, 1.165) is 5.56 Å². The zero-order valence-corrected chi connectivity index (χ0v) is 17.3. The summed E-state index contributed by atoms with van der Waals surface area (Å²) in [5.74, 6) is -0.674. The van der Waals surface area contributed by atoms with Crippen LogP contribution in [0, 0.1) is 5.82 Å². The largest absolute Gasteiger partial charge is 0.383 e. The Hall–Kier alpha value is -4.66. The molecule has 0 aliphatic rings. The number of nitrogen functional groups attached to an aromatic ring is 1. The lowest BCUT2D eigenvalue weighted by atomic mass is 10.2. The maximum Gasteiger partial charge on any atom is 0.257 e. The van der Waals surface area contributed by atoms with Crippen LogP contribution < -0.4 is 11.1 Å². The number of amides is 1. The number of anilines is 1. The van der Waals surface area contributed by atoms with Gasteiger partial charge in [-0.15, -0.1) is 0 Å². The lowest BCUT2D eigenvalue weighted by Gasteiger charge is -2.06. The minimum atomic E-state index is -0.432. The summed E-state index contributed by atoms with van der Waals surface area (Å²) in [6.45, 7) is 0.198. The van der Waals surface area contributed by atoms with E-state index in [1.54, 1.807) is 30.5 Å². The average molecular weight is 439 g/mol. The molecule has 8 nitrogen and oxygen atoms in total. The van der Waals surface area contributed by atoms with Crippen molar-refractivity contribution in [3.05, 3.63) is 95.6 Å². The van der Waals surface area contributed by atoms with E-state index in [4.69, 9.17) is 5.73 Å². The maximum atomic E-state index is 13.2. The van der Waals surface area contributed by atoms with Crippen LogP contribution in [0.25, 0.3) is 22.2 Å². The van der Waals surface area contributed by atoms with E-state index in [1.807, 2.05) is 30.3 Å². The molecule has 3 heterocycles. The van der Waals surface area contributed by atoms with Crippen molar-refractivity contribution in [2.45, 2.75) is 6.54 Å². The minimum Gasteiger partial charge on any atom is -0.383 e. The third kappa shape index (κ3) is 3.99. The molecular formula is C24H18FN7O. The fourth-order valence-corrected chi connectivity index (χ4v) is 3.43. The molecule has 1 amide bonds. The second kappa shape index (κ2) is 8.46. The van der Waals surface area contributed by atoms with Gasteiger partial charge in [0.25, 0.3) is 5.91 Å². The summed E-state index contributed by atoms with van der Waals surface area (Å²) in [6.07, 6.45) is 3.19. The molecule has 9 heteroatoms. The number of carbonyl (C=O) groups is 1. The Labute approximate surface area is 187 Å². The maximum absolute atomic E-state index is 13.2. The van der Waals surface area contributed by atoms with Crippen LogP contribution in [0.4, 0.5) is 10.2 Å². The predicted molar refractivity (Wildman–Crippen MR) is 124 cm³/mol. The number of rotatable bonds is 5. The van der Waals surface area contributed by atoms with Gasteiger partial charge < -0.3 is 11.1 Å². The van der Waals surface area contributed by atoms with Gasteiger partial charge in [0.1, 0.15) is 22.7 Å². The molecule has 162 valence electrons. The molecule has 0 fully saturated rings. The summed E-state index contributed by atoms with van der Waals surface area (Å²) in [4.78, 5) is 26.6. The van der Waals surface area contributed by atoms with Crippen LogP contribution in [0.3, 0.4) is 0 Å². The quantitative estimate of drug-likeness (QED) is 0.407. The molecule has 0 radical (unpaired) electrons. The molecule has 0 bridgehead atoms. The average Bonchev–Trinajstić information content (AvgIpc) is 3.11. The van der Waals surface area contributed by atoms with Crippen LogP contribution in [0.2, 0.25) is 0 Å². The van der Waals surface area contributed by atoms with Crippen LogP contribution in [0.15, 0.2) is 78.0 Å². The molecule has 5 rings (SSSR count). The van der Waals surface area contributed by atoms with E-state index in [9.17, 15) is 9.18 Å². The lowest BCUT2D eigenvalue weighted by Crippen LogP contribution is -2.23. The highest BCUT2D eigenvalue weighted by Crippen LogP contribution is 2.27. The number of hydrogen-bond donors (Lipinski definition) is 2. The molecule has 0 aliphatic heterocycles. The van der Waals surface area contributed by atoms with E-state index < -0.39 is 5.91 Å². The van der Waals surface area contributed by atoms with E-state index in [1.165, 1.54) is 23.0 Å². The van der Waals surface area contributed by atoms with Crippen molar-refractivity contribution in [2.75, 3.05) is 5.73 Å². The number of nitrogens with one attached hydrogen (secondary N) is 1. The van der Waals surface area contributed by atoms with E-state index in [0.29, 0.717) is 27.9 Å². The summed E-state index contributed by atoms with van der Waals surface area (Å²) >= 11 is 0. The highest BCUT2D eigenvalue weighted by Gasteiger charge is 2.24. The molecule has 0 aliphatic carbocycles. The molecule has 5 aromatic rings. The van der Waals surface area contributed by atoms with Gasteiger partial charge in [0.2, 0.25) is 0 Å². The second-order valence-electron chi connectivity index (χ2n) is 7.26. The zero-order valence-electron chi connectivity index (χ0n) is 17.3. The van der Waals surface area contributed by atoms with Crippen molar-refractivity contribution in [1.29, 1.82) is 0 Å². The standard InChI is InChI=1S/C24H18FN7O/c25-16-10-8-15(9-11-16)13-28-24(33)20-21-23(31-19-7-2-1-6-18(19)30-21)32(22(20)26)29-14-17-5-3-4-12-27-17/h1-12,14H,13,26H2,(H,28,33)/b29-14-. The van der Waals surface area contributed by atoms with Gasteiger partial charge in [0, 0.05) is 12.7 Å². The Morgan fingerprint density at radius 2 is 1.76 bits per heavy atom. The number of benzene rings is 2. The number of carbonyl (C=O) groups excluding carboxylic acids is 1. The number of fused-ring (bicyclic) bond motifs is 2. The Morgan fingerprint density at radius 3 is 2.48 bits per heavy atom. The minimum absolute atomic E-state index is 0.101. The molecule has 0 saturated heterocycles. The summed E-state index contributed by atoms with van der Waals surface area (Å²) in [7, 11) is 0. The molecular weight excluding hydrogens is 421 g/mol. The fourth-order valence-electron chi connectivity index (χ4n) is 3.43. The Bertz CT molecular complexity index is 1490. The van der Waals surface area contributed by atoms with Crippen LogP contribution in [0.1, 0.15) is 21.6 Å². The Kier molecular flexibility index (Phi) is 5.19. The van der Waals surface area contributed by atoms with Crippen molar-refractivity contribution < 1.29 is 9.18 Å². The molecule has 3 N–H and O–H groups in total. The van der Waals surface area contributed by atoms with Crippen LogP contribution in [0.5, 0.6) is 0 Å². The number of para-hydroxylation sites is 2. The monoisotopic (exact) mass is 439 g/mol. The van der Waals surface area contributed by atoms with Gasteiger partial charge >= 0.3 is 0 Å². The number of aromatic nitrogens is 4. The predicted octanol–water partition coefficient (Wildman–Crippen LogP) is 3.51. The summed E-state index contributed by atoms with van der Waals surface area (Å²) < 4.78 is 14.5. The first-order valence-corrected chi connectivity index (χ1v) is 10.1. The van der Waals surface area contributed by atoms with Gasteiger partial charge in [0.05, 0.1) is 22.9 Å². The molecule has 0 unspecified atom stereocenters. The van der Waals surface area contributed by atoms with Gasteiger partial charge in [-0.05, 0) is 42.0 Å². The SMILES string of the molecule is Nc1c(C(=O)NCc2ccc(F)cc2)c2nc3ccccc3nc2n1/N=C\c1ccccn1. The number of pyridine rings is 1. The van der Waals surface area contributed by atoms with Crippen LogP contribution in [-0.4, -0.2) is 31.7 Å². The van der Waals surface area contributed by atoms with Crippen molar-refractivity contribution >= 4 is 40.1 Å². The fraction of sp³-hybridized carbons (Fsp3) is 0.0417. The van der Waals surface area contributed by atoms with Gasteiger partial charge in [-0.1, -0.05) is 30.3 Å². The summed E-state index contributed by atoms with van der Waals surface area (Å²) in [5, 5.41) is 7.24. The van der Waals surface area contributed by atoms with Crippen molar-refractivity contribution in [2.24, 2.45) is 5.10 Å². The van der Waals surface area contributed by atoms with E-state index in [2.05, 4.69) is 25.4 Å². The zero-order chi connectivity index (χ0) is 22.8. The summed E-state index contributed by atoms with van der Waals surface area (Å²) in [5.41, 5.74) is 9.87. The van der Waals surface area contributed by atoms with Crippen LogP contribution in [-0.2, 0) is 6.54 Å². The van der Waals surface area contributed by atoms with Gasteiger partial charge in [0.15, 0.2) is 5.65 Å². The molecule has 33 heavy (non-hydrogen) atoms. The third-order valence-corrected chi connectivity index (χ3v) is 5.06. The molecule has 0 atom stereocenters. The van der Waals surface area contributed by atoms with Crippen molar-refractivity contribution in [3.63, 3.8) is 0 Å². The summed E-state index contributed by atoms with van der Waals surface area (Å²) in [6, 6.07) is 18.7. The van der Waals surface area contributed by atoms with Crippen molar-refractivity contribution in [1.82, 2.24) is 24.9 Å². The first kappa shape index (κ1) is 20.3. The highest BCUT2D eigenvalue weighted by atomic mass is 19.1. The number of nitrogens with two attached hydrogens (primary N) is 1. The smallest absolute Gasteiger partial charge is 0.257 e. The van der Waals surface area contributed by atoms with Gasteiger partial charge in [-0.25, -0.2) is 14.4 Å². The Balaban J connectivity index is 1.58. The van der Waals surface area contributed by atoms with E-state index in [-0.39, 0.29) is 23.7 Å². The van der Waals surface area contributed by atoms with Gasteiger partial charge in [-0.2, -0.15) is 9.78 Å². The first-order valence-electron chi connectivity index (χ1n) is 10.1. The number of nitrogens with zero attached hydrogens (tertiary/aromatic N) is 5. The number of halogens is 1. The topological polar surface area (TPSA) is 111 Å². The molecule has 0 saturated carbocycles. The molecule has 2 aromatic carbocycles. The second-order valence-corrected chi connectivity index (χ2v) is 7.26. The lowest BCUT2D eigenvalue weighted by molar-refractivity contribution is 0.0953. The van der Waals surface area contributed by atoms with Crippen molar-refractivity contribution in [3.8, 4) is 0 Å². The first-order chi connectivity index (χ1) is 16.1. The highest BCUT2D eigenvalue weighted by molar-refractivity contribution is 6.10. The molecule has 3 aromatic heterocycles. The third-order valence-electron chi connectivity index (χ3n) is 5.06. The van der Waals surface area contributed by atoms with E-state index >= 15 is 0 Å². The number of hydrogen-bond acceptors (Lipinski definition) is 6.